The van der Waals surface area contributed by atoms with E-state index in [9.17, 15) is 4.79 Å². The van der Waals surface area contributed by atoms with Gasteiger partial charge in [-0.3, -0.25) is 4.79 Å². The molecule has 17 heavy (non-hydrogen) atoms. The molecule has 1 aromatic carbocycles. The highest BCUT2D eigenvalue weighted by Crippen LogP contribution is 2.26. The summed E-state index contributed by atoms with van der Waals surface area (Å²) >= 11 is 1.62. The number of ketones is 1. The zero-order chi connectivity index (χ0) is 12.1. The Kier molecular flexibility index (Phi) is 4.07. The third kappa shape index (κ3) is 3.02. The molecule has 2 nitrogen and oxygen atoms in total. The monoisotopic (exact) mass is 246 g/mol. The molecule has 0 aliphatic heterocycles. The Morgan fingerprint density at radius 2 is 2.00 bits per heavy atom. The first kappa shape index (κ1) is 12.0. The van der Waals surface area contributed by atoms with Crippen molar-refractivity contribution >= 4 is 17.1 Å². The third-order valence-corrected chi connectivity index (χ3v) is 3.58. The van der Waals surface area contributed by atoms with Crippen LogP contribution in [0.15, 0.2) is 47.8 Å². The van der Waals surface area contributed by atoms with E-state index in [-0.39, 0.29) is 11.9 Å². The highest BCUT2D eigenvalue weighted by molar-refractivity contribution is 7.10. The number of Topliss-reactive ketones (excluding diaryl/α,β-unsaturated/α-hetero) is 1. The maximum Gasteiger partial charge on any atom is 0.165 e. The largest absolute Gasteiger partial charge is 0.375 e. The highest BCUT2D eigenvalue weighted by atomic mass is 32.1. The first-order valence-electron chi connectivity index (χ1n) is 5.45. The number of thiophene rings is 1. The smallest absolute Gasteiger partial charge is 0.165 e. The lowest BCUT2D eigenvalue weighted by atomic mass is 10.0. The first-order valence-corrected chi connectivity index (χ1v) is 6.33. The zero-order valence-corrected chi connectivity index (χ0v) is 10.4. The van der Waals surface area contributed by atoms with Crippen LogP contribution in [0.5, 0.6) is 0 Å². The van der Waals surface area contributed by atoms with Gasteiger partial charge in [-0.15, -0.1) is 11.3 Å². The number of methoxy groups -OCH3 is 1. The summed E-state index contributed by atoms with van der Waals surface area (Å²) in [6.07, 6.45) is 0.254. The Hall–Kier alpha value is -1.45. The van der Waals surface area contributed by atoms with E-state index >= 15 is 0 Å². The number of carbonyl (C=O) groups is 1. The zero-order valence-electron chi connectivity index (χ0n) is 9.63. The molecule has 0 amide bonds. The maximum absolute atomic E-state index is 12.0. The Bertz CT molecular complexity index is 462. The fourth-order valence-electron chi connectivity index (χ4n) is 1.68. The molecule has 0 N–H and O–H groups in total. The summed E-state index contributed by atoms with van der Waals surface area (Å²) in [5.41, 5.74) is 0.742. The molecule has 0 saturated heterocycles. The van der Waals surface area contributed by atoms with E-state index in [0.717, 1.165) is 10.4 Å². The minimum absolute atomic E-state index is 0.117. The van der Waals surface area contributed by atoms with Crippen LogP contribution in [0, 0.1) is 0 Å². The van der Waals surface area contributed by atoms with Gasteiger partial charge in [-0.2, -0.15) is 0 Å². The van der Waals surface area contributed by atoms with Crippen LogP contribution in [0.25, 0.3) is 0 Å². The van der Waals surface area contributed by atoms with Gasteiger partial charge in [-0.05, 0) is 11.4 Å². The van der Waals surface area contributed by atoms with E-state index in [1.165, 1.54) is 0 Å². The van der Waals surface area contributed by atoms with E-state index in [1.807, 2.05) is 47.8 Å². The van der Waals surface area contributed by atoms with E-state index in [1.54, 1.807) is 18.4 Å². The molecule has 0 fully saturated rings. The van der Waals surface area contributed by atoms with Crippen molar-refractivity contribution in [2.75, 3.05) is 7.11 Å². The Morgan fingerprint density at radius 3 is 2.59 bits per heavy atom. The van der Waals surface area contributed by atoms with Gasteiger partial charge in [-0.25, -0.2) is 0 Å². The number of rotatable bonds is 5. The van der Waals surface area contributed by atoms with Gasteiger partial charge in [0.1, 0.15) is 0 Å². The summed E-state index contributed by atoms with van der Waals surface area (Å²) in [7, 11) is 1.64. The molecule has 0 saturated carbocycles. The van der Waals surface area contributed by atoms with Gasteiger partial charge < -0.3 is 4.74 Å². The average molecular weight is 246 g/mol. The lowest BCUT2D eigenvalue weighted by molar-refractivity contribution is 0.0743. The SMILES string of the molecule is COC(CC(=O)c1ccccc1)c1cccs1. The predicted octanol–water partition coefficient (Wildman–Crippen LogP) is 3.71. The van der Waals surface area contributed by atoms with Gasteiger partial charge in [0.25, 0.3) is 0 Å². The first-order chi connectivity index (χ1) is 8.31. The van der Waals surface area contributed by atoms with Gasteiger partial charge in [0.05, 0.1) is 6.10 Å². The number of hydrogen-bond donors (Lipinski definition) is 0. The Labute approximate surface area is 105 Å². The molecule has 0 radical (unpaired) electrons. The van der Waals surface area contributed by atoms with Crippen LogP contribution in [0.2, 0.25) is 0 Å². The fourth-order valence-corrected chi connectivity index (χ4v) is 2.49. The third-order valence-electron chi connectivity index (χ3n) is 2.61. The Balaban J connectivity index is 2.08. The Morgan fingerprint density at radius 1 is 1.24 bits per heavy atom. The quantitative estimate of drug-likeness (QED) is 0.752. The molecule has 1 unspecified atom stereocenters. The lowest BCUT2D eigenvalue weighted by Crippen LogP contribution is -2.08. The van der Waals surface area contributed by atoms with Crippen LogP contribution in [-0.4, -0.2) is 12.9 Å². The molecule has 1 aromatic heterocycles. The second-order valence-electron chi connectivity index (χ2n) is 3.73. The lowest BCUT2D eigenvalue weighted by Gasteiger charge is -2.12. The number of carbonyl (C=O) groups excluding carboxylic acids is 1. The van der Waals surface area contributed by atoms with Crippen LogP contribution in [0.4, 0.5) is 0 Å². The normalized spacial score (nSPS) is 12.3. The van der Waals surface area contributed by atoms with E-state index in [0.29, 0.717) is 6.42 Å². The van der Waals surface area contributed by atoms with Crippen molar-refractivity contribution in [2.45, 2.75) is 12.5 Å². The summed E-state index contributed by atoms with van der Waals surface area (Å²) in [5, 5.41) is 1.99. The van der Waals surface area contributed by atoms with Crippen LogP contribution in [-0.2, 0) is 4.74 Å². The summed E-state index contributed by atoms with van der Waals surface area (Å²) in [4.78, 5) is 13.1. The number of ether oxygens (including phenoxy) is 1. The van der Waals surface area contributed by atoms with Crippen molar-refractivity contribution in [2.24, 2.45) is 0 Å². The van der Waals surface area contributed by atoms with Crippen molar-refractivity contribution in [3.63, 3.8) is 0 Å². The fraction of sp³-hybridized carbons (Fsp3) is 0.214. The molecule has 0 aliphatic rings. The molecule has 1 atom stereocenters. The van der Waals surface area contributed by atoms with Crippen LogP contribution < -0.4 is 0 Å². The predicted molar refractivity (Wildman–Crippen MR) is 69.5 cm³/mol. The molecule has 2 aromatic rings. The summed E-state index contributed by atoms with van der Waals surface area (Å²) in [5.74, 6) is 0.117. The van der Waals surface area contributed by atoms with Crippen LogP contribution in [0.1, 0.15) is 27.8 Å². The van der Waals surface area contributed by atoms with E-state index in [4.69, 9.17) is 4.74 Å². The number of hydrogen-bond acceptors (Lipinski definition) is 3. The van der Waals surface area contributed by atoms with E-state index < -0.39 is 0 Å². The average Bonchev–Trinajstić information content (AvgIpc) is 2.90. The summed E-state index contributed by atoms with van der Waals surface area (Å²) in [6, 6.07) is 13.3. The molecule has 3 heteroatoms. The van der Waals surface area contributed by atoms with Crippen LogP contribution in [0.3, 0.4) is 0 Å². The van der Waals surface area contributed by atoms with Crippen molar-refractivity contribution < 1.29 is 9.53 Å². The molecule has 0 bridgehead atoms. The molecule has 1 heterocycles. The summed E-state index contributed by atoms with van der Waals surface area (Å²) in [6.45, 7) is 0. The molecule has 0 aliphatic carbocycles. The molecule has 0 spiro atoms. The second-order valence-corrected chi connectivity index (χ2v) is 4.71. The molecular formula is C14H14O2S. The van der Waals surface area contributed by atoms with Crippen molar-refractivity contribution in [1.29, 1.82) is 0 Å². The van der Waals surface area contributed by atoms with Crippen molar-refractivity contribution in [3.05, 3.63) is 58.3 Å². The minimum atomic E-state index is -0.136. The molecular weight excluding hydrogens is 232 g/mol. The number of benzene rings is 1. The topological polar surface area (TPSA) is 26.3 Å². The second kappa shape index (κ2) is 5.75. The van der Waals surface area contributed by atoms with Gasteiger partial charge in [0, 0.05) is 24.0 Å². The van der Waals surface area contributed by atoms with Gasteiger partial charge >= 0.3 is 0 Å². The molecule has 88 valence electrons. The van der Waals surface area contributed by atoms with Gasteiger partial charge in [-0.1, -0.05) is 36.4 Å². The minimum Gasteiger partial charge on any atom is -0.375 e. The van der Waals surface area contributed by atoms with Crippen LogP contribution >= 0.6 is 11.3 Å². The van der Waals surface area contributed by atoms with Gasteiger partial charge in [0.2, 0.25) is 0 Å². The van der Waals surface area contributed by atoms with Crippen molar-refractivity contribution in [3.8, 4) is 0 Å². The molecule has 2 rings (SSSR count). The van der Waals surface area contributed by atoms with E-state index in [2.05, 4.69) is 0 Å². The standard InChI is InChI=1S/C14H14O2S/c1-16-13(14-8-5-9-17-14)10-12(15)11-6-3-2-4-7-11/h2-9,13H,10H2,1H3. The highest BCUT2D eigenvalue weighted by Gasteiger charge is 2.17. The maximum atomic E-state index is 12.0. The van der Waals surface area contributed by atoms with Gasteiger partial charge in [0.15, 0.2) is 5.78 Å². The summed E-state index contributed by atoms with van der Waals surface area (Å²) < 4.78 is 5.38. The van der Waals surface area contributed by atoms with Crippen molar-refractivity contribution in [1.82, 2.24) is 0 Å².